The van der Waals surface area contributed by atoms with Crippen molar-refractivity contribution in [2.45, 2.75) is 12.8 Å². The SMILES string of the molecule is NCCc1nnc(NCCc2ccc(Br)s2)o1. The molecule has 0 amide bonds. The van der Waals surface area contributed by atoms with Crippen LogP contribution < -0.4 is 11.1 Å². The fourth-order valence-corrected chi connectivity index (χ4v) is 2.81. The van der Waals surface area contributed by atoms with Crippen LogP contribution in [0.1, 0.15) is 10.8 Å². The Morgan fingerprint density at radius 2 is 2.24 bits per heavy atom. The third kappa shape index (κ3) is 3.79. The monoisotopic (exact) mass is 316 g/mol. The maximum absolute atomic E-state index is 5.40. The average molecular weight is 317 g/mol. The Bertz CT molecular complexity index is 470. The molecule has 3 N–H and O–H groups in total. The molecule has 0 atom stereocenters. The summed E-state index contributed by atoms with van der Waals surface area (Å²) in [6.45, 7) is 1.29. The van der Waals surface area contributed by atoms with Crippen molar-refractivity contribution in [2.75, 3.05) is 18.4 Å². The number of halogens is 1. The second-order valence-electron chi connectivity index (χ2n) is 3.42. The first-order chi connectivity index (χ1) is 8.28. The molecule has 92 valence electrons. The minimum Gasteiger partial charge on any atom is -0.408 e. The summed E-state index contributed by atoms with van der Waals surface area (Å²) in [5.74, 6) is 0.578. The topological polar surface area (TPSA) is 77.0 Å². The van der Waals surface area contributed by atoms with E-state index >= 15 is 0 Å². The molecular formula is C10H13BrN4OS. The van der Waals surface area contributed by atoms with Crippen LogP contribution in [0.5, 0.6) is 0 Å². The van der Waals surface area contributed by atoms with Gasteiger partial charge in [0.15, 0.2) is 0 Å². The highest BCUT2D eigenvalue weighted by Gasteiger charge is 2.04. The normalized spacial score (nSPS) is 10.7. The van der Waals surface area contributed by atoms with Gasteiger partial charge in [0.05, 0.1) is 3.79 Å². The molecule has 2 rings (SSSR count). The number of hydrogen-bond acceptors (Lipinski definition) is 6. The highest BCUT2D eigenvalue weighted by molar-refractivity contribution is 9.11. The second-order valence-corrected chi connectivity index (χ2v) is 5.97. The second kappa shape index (κ2) is 6.13. The lowest BCUT2D eigenvalue weighted by Gasteiger charge is -1.98. The molecule has 0 fully saturated rings. The summed E-state index contributed by atoms with van der Waals surface area (Å²) in [7, 11) is 0. The maximum Gasteiger partial charge on any atom is 0.315 e. The summed E-state index contributed by atoms with van der Waals surface area (Å²) in [4.78, 5) is 1.31. The van der Waals surface area contributed by atoms with Crippen LogP contribution in [-0.4, -0.2) is 23.3 Å². The molecule has 7 heteroatoms. The lowest BCUT2D eigenvalue weighted by Crippen LogP contribution is -2.04. The van der Waals surface area contributed by atoms with Crippen LogP contribution in [-0.2, 0) is 12.8 Å². The molecule has 0 saturated carbocycles. The average Bonchev–Trinajstić information content (AvgIpc) is 2.89. The molecule has 2 heterocycles. The van der Waals surface area contributed by atoms with Gasteiger partial charge in [0.2, 0.25) is 5.89 Å². The van der Waals surface area contributed by atoms with Crippen molar-refractivity contribution in [2.24, 2.45) is 5.73 Å². The van der Waals surface area contributed by atoms with Crippen molar-refractivity contribution in [3.05, 3.63) is 26.7 Å². The van der Waals surface area contributed by atoms with Gasteiger partial charge >= 0.3 is 6.01 Å². The third-order valence-electron chi connectivity index (χ3n) is 2.10. The highest BCUT2D eigenvalue weighted by atomic mass is 79.9. The molecular weight excluding hydrogens is 304 g/mol. The van der Waals surface area contributed by atoms with Crippen LogP contribution in [0.4, 0.5) is 6.01 Å². The lowest BCUT2D eigenvalue weighted by atomic mass is 10.3. The van der Waals surface area contributed by atoms with Gasteiger partial charge in [-0.1, -0.05) is 5.10 Å². The van der Waals surface area contributed by atoms with Gasteiger partial charge in [-0.05, 0) is 34.5 Å². The van der Waals surface area contributed by atoms with Crippen LogP contribution >= 0.6 is 27.3 Å². The fraction of sp³-hybridized carbons (Fsp3) is 0.400. The predicted molar refractivity (Wildman–Crippen MR) is 71.3 cm³/mol. The van der Waals surface area contributed by atoms with E-state index < -0.39 is 0 Å². The number of aromatic nitrogens is 2. The van der Waals surface area contributed by atoms with Crippen LogP contribution in [0, 0.1) is 0 Å². The Labute approximate surface area is 112 Å². The molecule has 0 saturated heterocycles. The van der Waals surface area contributed by atoms with Gasteiger partial charge in [-0.25, -0.2) is 0 Å². The Kier molecular flexibility index (Phi) is 4.52. The molecule has 2 aromatic rings. The molecule has 0 aliphatic rings. The van der Waals surface area contributed by atoms with Gasteiger partial charge in [0.1, 0.15) is 0 Å². The summed E-state index contributed by atoms with van der Waals surface area (Å²) in [6, 6.07) is 4.61. The number of anilines is 1. The molecule has 0 aliphatic carbocycles. The Morgan fingerprint density at radius 1 is 1.35 bits per heavy atom. The van der Waals surface area contributed by atoms with E-state index in [0.29, 0.717) is 24.9 Å². The number of thiophene rings is 1. The summed E-state index contributed by atoms with van der Waals surface area (Å²) in [5, 5.41) is 10.8. The maximum atomic E-state index is 5.40. The molecule has 0 unspecified atom stereocenters. The molecule has 17 heavy (non-hydrogen) atoms. The number of rotatable bonds is 6. The van der Waals surface area contributed by atoms with Gasteiger partial charge in [-0.2, -0.15) is 0 Å². The van der Waals surface area contributed by atoms with E-state index in [4.69, 9.17) is 10.2 Å². The van der Waals surface area contributed by atoms with Gasteiger partial charge in [0.25, 0.3) is 0 Å². The molecule has 0 radical (unpaired) electrons. The summed E-state index contributed by atoms with van der Waals surface area (Å²) in [6.07, 6.45) is 1.55. The largest absolute Gasteiger partial charge is 0.408 e. The highest BCUT2D eigenvalue weighted by Crippen LogP contribution is 2.22. The van der Waals surface area contributed by atoms with Crippen molar-refractivity contribution >= 4 is 33.3 Å². The zero-order valence-corrected chi connectivity index (χ0v) is 11.6. The molecule has 0 aromatic carbocycles. The van der Waals surface area contributed by atoms with E-state index in [1.54, 1.807) is 11.3 Å². The van der Waals surface area contributed by atoms with Gasteiger partial charge < -0.3 is 15.5 Å². The molecule has 2 aromatic heterocycles. The lowest BCUT2D eigenvalue weighted by molar-refractivity contribution is 0.506. The van der Waals surface area contributed by atoms with E-state index in [0.717, 1.165) is 16.8 Å². The molecule has 0 aliphatic heterocycles. The van der Waals surface area contributed by atoms with Crippen molar-refractivity contribution in [1.29, 1.82) is 0 Å². The van der Waals surface area contributed by atoms with Crippen LogP contribution in [0.15, 0.2) is 20.3 Å². The van der Waals surface area contributed by atoms with Gasteiger partial charge in [-0.3, -0.25) is 0 Å². The standard InChI is InChI=1S/C10H13BrN4OS/c11-8-2-1-7(17-8)4-6-13-10-15-14-9(16-10)3-5-12/h1-2H,3-6,12H2,(H,13,15). The van der Waals surface area contributed by atoms with Crippen LogP contribution in [0.2, 0.25) is 0 Å². The smallest absolute Gasteiger partial charge is 0.315 e. The van der Waals surface area contributed by atoms with Gasteiger partial charge in [-0.15, -0.1) is 16.4 Å². The van der Waals surface area contributed by atoms with E-state index in [9.17, 15) is 0 Å². The molecule has 0 bridgehead atoms. The van der Waals surface area contributed by atoms with E-state index in [1.807, 2.05) is 6.07 Å². The van der Waals surface area contributed by atoms with Crippen molar-refractivity contribution < 1.29 is 4.42 Å². The Hall–Kier alpha value is -0.920. The molecule has 5 nitrogen and oxygen atoms in total. The van der Waals surface area contributed by atoms with E-state index in [-0.39, 0.29) is 0 Å². The minimum atomic E-state index is 0.462. The number of nitrogens with two attached hydrogens (primary N) is 1. The van der Waals surface area contributed by atoms with E-state index in [1.165, 1.54) is 4.88 Å². The first-order valence-corrected chi connectivity index (χ1v) is 6.89. The first-order valence-electron chi connectivity index (χ1n) is 5.28. The zero-order chi connectivity index (χ0) is 12.1. The first kappa shape index (κ1) is 12.5. The fourth-order valence-electron chi connectivity index (χ4n) is 1.33. The Balaban J connectivity index is 1.77. The Morgan fingerprint density at radius 3 is 2.94 bits per heavy atom. The van der Waals surface area contributed by atoms with E-state index in [2.05, 4.69) is 37.5 Å². The van der Waals surface area contributed by atoms with Crippen molar-refractivity contribution in [3.8, 4) is 0 Å². The third-order valence-corrected chi connectivity index (χ3v) is 3.78. The zero-order valence-electron chi connectivity index (χ0n) is 9.15. The number of nitrogens with zero attached hydrogens (tertiary/aromatic N) is 2. The summed E-state index contributed by atoms with van der Waals surface area (Å²) in [5.41, 5.74) is 5.40. The van der Waals surface area contributed by atoms with Crippen LogP contribution in [0.3, 0.4) is 0 Å². The summed E-state index contributed by atoms with van der Waals surface area (Å²) >= 11 is 5.16. The van der Waals surface area contributed by atoms with Gasteiger partial charge in [0, 0.05) is 24.4 Å². The quantitative estimate of drug-likeness (QED) is 0.853. The van der Waals surface area contributed by atoms with Crippen molar-refractivity contribution in [1.82, 2.24) is 10.2 Å². The molecule has 0 spiro atoms. The predicted octanol–water partition coefficient (Wildman–Crippen LogP) is 2.05. The van der Waals surface area contributed by atoms with Crippen molar-refractivity contribution in [3.63, 3.8) is 0 Å². The van der Waals surface area contributed by atoms with Crippen LogP contribution in [0.25, 0.3) is 0 Å². The summed E-state index contributed by atoms with van der Waals surface area (Å²) < 4.78 is 6.50. The number of hydrogen-bond donors (Lipinski definition) is 2. The minimum absolute atomic E-state index is 0.462. The number of nitrogens with one attached hydrogen (secondary N) is 1.